The molecule has 0 saturated carbocycles. The van der Waals surface area contributed by atoms with Gasteiger partial charge in [-0.1, -0.05) is 47.2 Å². The van der Waals surface area contributed by atoms with Crippen LogP contribution in [0.1, 0.15) is 16.1 Å². The fourth-order valence-corrected chi connectivity index (χ4v) is 6.38. The Labute approximate surface area is 211 Å². The fourth-order valence-electron chi connectivity index (χ4n) is 3.51. The van der Waals surface area contributed by atoms with Crippen LogP contribution in [0.5, 0.6) is 0 Å². The minimum Gasteiger partial charge on any atom is -0.477 e. The van der Waals surface area contributed by atoms with Gasteiger partial charge in [0, 0.05) is 22.4 Å². The lowest BCUT2D eigenvalue weighted by atomic mass is 10.0. The van der Waals surface area contributed by atoms with Crippen molar-refractivity contribution in [2.75, 3.05) is 24.3 Å². The van der Waals surface area contributed by atoms with Crippen LogP contribution in [0, 0.1) is 0 Å². The number of aliphatic carboxylic acids is 1. The quantitative estimate of drug-likeness (QED) is 0.256. The Morgan fingerprint density at radius 1 is 1.34 bits per heavy atom. The molecule has 0 radical (unpaired) electrons. The van der Waals surface area contributed by atoms with Crippen molar-refractivity contribution >= 4 is 68.6 Å². The van der Waals surface area contributed by atoms with Crippen LogP contribution in [-0.2, 0) is 19.2 Å². The number of thiazole rings is 1. The summed E-state index contributed by atoms with van der Waals surface area (Å²) in [6, 6.07) is 7.69. The summed E-state index contributed by atoms with van der Waals surface area (Å²) in [5.74, 6) is -2.12. The van der Waals surface area contributed by atoms with Gasteiger partial charge in [-0.3, -0.25) is 19.3 Å². The van der Waals surface area contributed by atoms with Crippen LogP contribution in [0.3, 0.4) is 0 Å². The number of carbonyl (C=O) groups excluding carboxylic acids is 3. The number of nitrogen functional groups attached to an aromatic ring is 1. The van der Waals surface area contributed by atoms with Gasteiger partial charge in [0.05, 0.1) is 0 Å². The highest BCUT2D eigenvalue weighted by Gasteiger charge is 2.54. The van der Waals surface area contributed by atoms with E-state index in [2.05, 4.69) is 15.5 Å². The number of amides is 2. The topological polar surface area (TPSA) is 164 Å². The standard InChI is InChI=1S/C21H19N5O6S3/c1-32-25-13(12-9-35-21(22)23-12)16(27)24-14-17(28)26-15(19(29)30)11(7-33-18(14)26)8-34-20(31)10-5-3-2-4-6-10/h2-6,9,14,18H,7-8H2,1H3,(H2,22,23)(H,24,27)(H,29,30)/b25-13+/t14-,18-/m1/s1. The van der Waals surface area contributed by atoms with Gasteiger partial charge in [0.15, 0.2) is 10.8 Å². The Balaban J connectivity index is 1.47. The highest BCUT2D eigenvalue weighted by Crippen LogP contribution is 2.41. The molecule has 0 bridgehead atoms. The number of β-lactam (4-membered cyclic amide) rings is 1. The van der Waals surface area contributed by atoms with Gasteiger partial charge >= 0.3 is 5.97 Å². The summed E-state index contributed by atoms with van der Waals surface area (Å²) in [5.41, 5.74) is 6.48. The van der Waals surface area contributed by atoms with Gasteiger partial charge in [0.1, 0.15) is 29.9 Å². The molecule has 0 aliphatic carbocycles. The van der Waals surface area contributed by atoms with Crippen LogP contribution in [0.25, 0.3) is 0 Å². The van der Waals surface area contributed by atoms with Crippen molar-refractivity contribution in [1.29, 1.82) is 0 Å². The van der Waals surface area contributed by atoms with Crippen LogP contribution < -0.4 is 11.1 Å². The minimum absolute atomic E-state index is 0.131. The first-order valence-electron chi connectivity index (χ1n) is 10.1. The number of oxime groups is 1. The maximum atomic E-state index is 12.9. The second kappa shape index (κ2) is 10.5. The predicted octanol–water partition coefficient (Wildman–Crippen LogP) is 1.39. The molecule has 0 unspecified atom stereocenters. The number of fused-ring (bicyclic) bond motifs is 1. The summed E-state index contributed by atoms with van der Waals surface area (Å²) in [7, 11) is 1.27. The number of thioether (sulfide) groups is 2. The normalized spacial score (nSPS) is 19.6. The Morgan fingerprint density at radius 2 is 2.09 bits per heavy atom. The van der Waals surface area contributed by atoms with Gasteiger partial charge in [-0.05, 0) is 5.57 Å². The number of carboxylic acid groups (broad SMARTS) is 1. The van der Waals surface area contributed by atoms with Crippen molar-refractivity contribution in [2.24, 2.45) is 5.16 Å². The van der Waals surface area contributed by atoms with E-state index in [1.807, 2.05) is 0 Å². The maximum Gasteiger partial charge on any atom is 0.352 e. The number of aromatic nitrogens is 1. The Hall–Kier alpha value is -3.36. The molecule has 14 heteroatoms. The molecule has 1 aromatic heterocycles. The van der Waals surface area contributed by atoms with Gasteiger partial charge < -0.3 is 21.0 Å². The molecule has 2 aromatic rings. The Morgan fingerprint density at radius 3 is 2.71 bits per heavy atom. The van der Waals surface area contributed by atoms with E-state index >= 15 is 0 Å². The Kier molecular flexibility index (Phi) is 7.42. The molecule has 35 heavy (non-hydrogen) atoms. The molecule has 1 aromatic carbocycles. The fraction of sp³-hybridized carbons (Fsp3) is 0.238. The molecule has 2 atom stereocenters. The molecule has 4 rings (SSSR count). The van der Waals surface area contributed by atoms with Crippen LogP contribution >= 0.6 is 34.9 Å². The number of hydrogen-bond acceptors (Lipinski definition) is 11. The number of carboxylic acids is 1. The van der Waals surface area contributed by atoms with Crippen molar-refractivity contribution < 1.29 is 29.1 Å². The zero-order chi connectivity index (χ0) is 25.1. The van der Waals surface area contributed by atoms with Crippen LogP contribution in [0.4, 0.5) is 5.13 Å². The van der Waals surface area contributed by atoms with Crippen molar-refractivity contribution in [1.82, 2.24) is 15.2 Å². The number of rotatable bonds is 8. The Bertz CT molecular complexity index is 1250. The molecule has 2 aliphatic heterocycles. The molecule has 11 nitrogen and oxygen atoms in total. The highest BCUT2D eigenvalue weighted by molar-refractivity contribution is 8.14. The zero-order valence-corrected chi connectivity index (χ0v) is 20.6. The monoisotopic (exact) mass is 533 g/mol. The number of hydrogen-bond donors (Lipinski definition) is 3. The first-order chi connectivity index (χ1) is 16.8. The van der Waals surface area contributed by atoms with E-state index in [1.165, 1.54) is 24.3 Å². The number of anilines is 1. The molecular formula is C21H19N5O6S3. The number of nitrogens with one attached hydrogen (secondary N) is 1. The summed E-state index contributed by atoms with van der Waals surface area (Å²) >= 11 is 3.40. The third-order valence-electron chi connectivity index (χ3n) is 5.09. The number of nitrogens with two attached hydrogens (primary N) is 1. The SMILES string of the molecule is CO/N=C(/C(=O)N[C@@H]1C(=O)N2C(C(=O)O)=C(CSC(=O)c3ccccc3)CS[C@H]12)c1csc(N)n1. The van der Waals surface area contributed by atoms with Crippen LogP contribution in [0.2, 0.25) is 0 Å². The molecular weight excluding hydrogens is 514 g/mol. The van der Waals surface area contributed by atoms with Crippen molar-refractivity contribution in [3.05, 3.63) is 58.2 Å². The maximum absolute atomic E-state index is 12.9. The lowest BCUT2D eigenvalue weighted by Crippen LogP contribution is -2.71. The first kappa shape index (κ1) is 24.8. The summed E-state index contributed by atoms with van der Waals surface area (Å²) < 4.78 is 0. The summed E-state index contributed by atoms with van der Waals surface area (Å²) in [5, 5.41) is 17.1. The summed E-state index contributed by atoms with van der Waals surface area (Å²) in [4.78, 5) is 60.0. The van der Waals surface area contributed by atoms with Gasteiger partial charge in [-0.2, -0.15) is 0 Å². The smallest absolute Gasteiger partial charge is 0.352 e. The molecule has 182 valence electrons. The summed E-state index contributed by atoms with van der Waals surface area (Å²) in [6.07, 6.45) is 0. The van der Waals surface area contributed by atoms with Crippen molar-refractivity contribution in [3.63, 3.8) is 0 Å². The van der Waals surface area contributed by atoms with Gasteiger partial charge in [-0.15, -0.1) is 23.1 Å². The van der Waals surface area contributed by atoms with E-state index in [4.69, 9.17) is 10.6 Å². The van der Waals surface area contributed by atoms with E-state index in [1.54, 1.807) is 30.3 Å². The largest absolute Gasteiger partial charge is 0.477 e. The zero-order valence-electron chi connectivity index (χ0n) is 18.2. The van der Waals surface area contributed by atoms with E-state index in [0.29, 0.717) is 16.9 Å². The predicted molar refractivity (Wildman–Crippen MR) is 133 cm³/mol. The lowest BCUT2D eigenvalue weighted by Gasteiger charge is -2.49. The molecule has 2 amide bonds. The first-order valence-corrected chi connectivity index (χ1v) is 13.0. The molecule has 1 saturated heterocycles. The van der Waals surface area contributed by atoms with Crippen molar-refractivity contribution in [2.45, 2.75) is 11.4 Å². The number of benzene rings is 1. The van der Waals surface area contributed by atoms with Crippen LogP contribution in [0.15, 0.2) is 52.1 Å². The van der Waals surface area contributed by atoms with E-state index in [9.17, 15) is 24.3 Å². The average Bonchev–Trinajstić information content (AvgIpc) is 3.29. The number of carbonyl (C=O) groups is 4. The van der Waals surface area contributed by atoms with E-state index in [-0.39, 0.29) is 33.1 Å². The molecule has 3 heterocycles. The molecule has 1 fully saturated rings. The van der Waals surface area contributed by atoms with Crippen molar-refractivity contribution in [3.8, 4) is 0 Å². The van der Waals surface area contributed by atoms with Gasteiger partial charge in [-0.25, -0.2) is 9.78 Å². The van der Waals surface area contributed by atoms with Gasteiger partial charge in [0.25, 0.3) is 11.8 Å². The third-order valence-corrected chi connectivity index (χ3v) is 8.09. The second-order valence-corrected chi connectivity index (χ2v) is 10.2. The van der Waals surface area contributed by atoms with Crippen LogP contribution in [-0.4, -0.2) is 73.6 Å². The van der Waals surface area contributed by atoms with E-state index in [0.717, 1.165) is 28.0 Å². The second-order valence-electron chi connectivity index (χ2n) is 7.25. The average molecular weight is 534 g/mol. The number of nitrogens with zero attached hydrogens (tertiary/aromatic N) is 3. The highest BCUT2D eigenvalue weighted by atomic mass is 32.2. The van der Waals surface area contributed by atoms with E-state index < -0.39 is 29.2 Å². The van der Waals surface area contributed by atoms with Gasteiger partial charge in [0.2, 0.25) is 5.12 Å². The summed E-state index contributed by atoms with van der Waals surface area (Å²) in [6.45, 7) is 0. The third kappa shape index (κ3) is 5.04. The molecule has 2 aliphatic rings. The lowest BCUT2D eigenvalue weighted by molar-refractivity contribution is -0.150. The molecule has 0 spiro atoms. The molecule has 4 N–H and O–H groups in total. The minimum atomic E-state index is -1.27.